The van der Waals surface area contributed by atoms with Crippen molar-refractivity contribution in [2.24, 2.45) is 0 Å². The molecule has 0 fully saturated rings. The van der Waals surface area contributed by atoms with Crippen LogP contribution in [0.4, 0.5) is 0 Å². The molecule has 0 amide bonds. The lowest BCUT2D eigenvalue weighted by atomic mass is 10.2. The Morgan fingerprint density at radius 1 is 1.15 bits per heavy atom. The van der Waals surface area contributed by atoms with Crippen molar-refractivity contribution >= 4 is 5.78 Å². The van der Waals surface area contributed by atoms with Gasteiger partial charge in [0.25, 0.3) is 0 Å². The van der Waals surface area contributed by atoms with Gasteiger partial charge in [-0.3, -0.25) is 0 Å². The molecule has 0 radical (unpaired) electrons. The number of hydrogen-bond acceptors (Lipinski definition) is 2. The molecule has 2 heteroatoms. The zero-order valence-corrected chi connectivity index (χ0v) is 8.77. The van der Waals surface area contributed by atoms with Gasteiger partial charge in [-0.2, -0.15) is 0 Å². The van der Waals surface area contributed by atoms with Crippen LogP contribution in [0.1, 0.15) is 39.5 Å². The number of Topliss-reactive ketones (excluding diaryl/α,β-unsaturated/α-hetero) is 1. The maximum Gasteiger partial charge on any atom is 0.129 e. The molecule has 0 rings (SSSR count). The Balaban J connectivity index is 3.00. The lowest BCUT2D eigenvalue weighted by Crippen LogP contribution is -1.98. The molecule has 0 aromatic carbocycles. The average Bonchev–Trinajstić information content (AvgIpc) is 2.01. The summed E-state index contributed by atoms with van der Waals surface area (Å²) < 4.78 is 5.35. The summed E-state index contributed by atoms with van der Waals surface area (Å²) in [6, 6.07) is 0. The molecule has 76 valence electrons. The second-order valence-electron chi connectivity index (χ2n) is 3.48. The monoisotopic (exact) mass is 184 g/mol. The number of rotatable bonds is 8. The molecule has 0 unspecified atom stereocenters. The Bertz CT molecular complexity index is 143. The van der Waals surface area contributed by atoms with Gasteiger partial charge in [-0.15, -0.1) is 6.58 Å². The van der Waals surface area contributed by atoms with Gasteiger partial charge in [-0.25, -0.2) is 0 Å². The van der Waals surface area contributed by atoms with E-state index in [1.54, 1.807) is 6.92 Å². The third kappa shape index (κ3) is 11.4. The lowest BCUT2D eigenvalue weighted by molar-refractivity contribution is -0.117. The predicted molar refractivity (Wildman–Crippen MR) is 54.8 cm³/mol. The minimum atomic E-state index is 0.266. The van der Waals surface area contributed by atoms with Crippen molar-refractivity contribution in [1.29, 1.82) is 0 Å². The summed E-state index contributed by atoms with van der Waals surface area (Å²) in [7, 11) is 0. The third-order valence-electron chi connectivity index (χ3n) is 1.74. The number of carbonyl (C=O) groups excluding carboxylic acids is 1. The summed E-state index contributed by atoms with van der Waals surface area (Å²) in [5, 5.41) is 0. The molecule has 0 saturated heterocycles. The van der Waals surface area contributed by atoms with Crippen molar-refractivity contribution < 1.29 is 9.53 Å². The van der Waals surface area contributed by atoms with E-state index >= 15 is 0 Å². The van der Waals surface area contributed by atoms with Gasteiger partial charge in [0.05, 0.1) is 6.61 Å². The molecule has 0 aromatic rings. The summed E-state index contributed by atoms with van der Waals surface area (Å²) in [6.07, 6.45) is 3.55. The highest BCUT2D eigenvalue weighted by atomic mass is 16.5. The molecule has 2 nitrogen and oxygen atoms in total. The van der Waals surface area contributed by atoms with Crippen molar-refractivity contribution in [3.05, 3.63) is 12.2 Å². The molecule has 0 aliphatic heterocycles. The van der Waals surface area contributed by atoms with Crippen LogP contribution in [0.3, 0.4) is 0 Å². The van der Waals surface area contributed by atoms with Crippen LogP contribution in [0.25, 0.3) is 0 Å². The van der Waals surface area contributed by atoms with Gasteiger partial charge < -0.3 is 9.53 Å². The van der Waals surface area contributed by atoms with E-state index in [1.807, 2.05) is 6.92 Å². The third-order valence-corrected chi connectivity index (χ3v) is 1.74. The first kappa shape index (κ1) is 12.4. The summed E-state index contributed by atoms with van der Waals surface area (Å²) in [5.74, 6) is 0.266. The zero-order chi connectivity index (χ0) is 10.1. The highest BCUT2D eigenvalue weighted by Gasteiger charge is 1.93. The van der Waals surface area contributed by atoms with E-state index < -0.39 is 0 Å². The van der Waals surface area contributed by atoms with Crippen molar-refractivity contribution in [1.82, 2.24) is 0 Å². The molecule has 0 aliphatic rings. The van der Waals surface area contributed by atoms with Crippen LogP contribution in [0.15, 0.2) is 12.2 Å². The van der Waals surface area contributed by atoms with Crippen LogP contribution < -0.4 is 0 Å². The number of ether oxygens (including phenoxy) is 1. The SMILES string of the molecule is C=C(C)CCOCCCCC(C)=O. The summed E-state index contributed by atoms with van der Waals surface area (Å²) in [4.78, 5) is 10.6. The van der Waals surface area contributed by atoms with E-state index in [-0.39, 0.29) is 5.78 Å². The molecular weight excluding hydrogens is 164 g/mol. The number of ketones is 1. The van der Waals surface area contributed by atoms with Crippen molar-refractivity contribution in [2.45, 2.75) is 39.5 Å². The highest BCUT2D eigenvalue weighted by Crippen LogP contribution is 1.99. The fraction of sp³-hybridized carbons (Fsp3) is 0.727. The number of hydrogen-bond donors (Lipinski definition) is 0. The number of unbranched alkanes of at least 4 members (excludes halogenated alkanes) is 1. The van der Waals surface area contributed by atoms with Gasteiger partial charge in [-0.05, 0) is 33.1 Å². The second kappa shape index (κ2) is 7.99. The van der Waals surface area contributed by atoms with Gasteiger partial charge >= 0.3 is 0 Å². The van der Waals surface area contributed by atoms with Crippen LogP contribution in [0.5, 0.6) is 0 Å². The van der Waals surface area contributed by atoms with Crippen LogP contribution in [0, 0.1) is 0 Å². The molecular formula is C11H20O2. The second-order valence-corrected chi connectivity index (χ2v) is 3.48. The topological polar surface area (TPSA) is 26.3 Å². The van der Waals surface area contributed by atoms with Crippen LogP contribution in [0.2, 0.25) is 0 Å². The molecule has 0 bridgehead atoms. The van der Waals surface area contributed by atoms with Gasteiger partial charge in [0.2, 0.25) is 0 Å². The van der Waals surface area contributed by atoms with E-state index in [9.17, 15) is 4.79 Å². The van der Waals surface area contributed by atoms with E-state index in [1.165, 1.54) is 0 Å². The molecule has 0 heterocycles. The van der Waals surface area contributed by atoms with E-state index in [2.05, 4.69) is 6.58 Å². The van der Waals surface area contributed by atoms with Crippen LogP contribution >= 0.6 is 0 Å². The van der Waals surface area contributed by atoms with E-state index in [0.29, 0.717) is 6.42 Å². The molecule has 0 N–H and O–H groups in total. The quantitative estimate of drug-likeness (QED) is 0.428. The standard InChI is InChI=1S/C11H20O2/c1-10(2)7-9-13-8-5-4-6-11(3)12/h1,4-9H2,2-3H3. The molecule has 13 heavy (non-hydrogen) atoms. The highest BCUT2D eigenvalue weighted by molar-refractivity contribution is 5.75. The van der Waals surface area contributed by atoms with Gasteiger partial charge in [0.15, 0.2) is 0 Å². The fourth-order valence-corrected chi connectivity index (χ4v) is 0.927. The predicted octanol–water partition coefficient (Wildman–Crippen LogP) is 2.73. The van der Waals surface area contributed by atoms with Crippen molar-refractivity contribution in [2.75, 3.05) is 13.2 Å². The molecule has 0 spiro atoms. The van der Waals surface area contributed by atoms with Gasteiger partial charge in [0.1, 0.15) is 5.78 Å². The average molecular weight is 184 g/mol. The van der Waals surface area contributed by atoms with Crippen molar-refractivity contribution in [3.8, 4) is 0 Å². The fourth-order valence-electron chi connectivity index (χ4n) is 0.927. The summed E-state index contributed by atoms with van der Waals surface area (Å²) in [5.41, 5.74) is 1.16. The normalized spacial score (nSPS) is 10.0. The van der Waals surface area contributed by atoms with Crippen molar-refractivity contribution in [3.63, 3.8) is 0 Å². The Kier molecular flexibility index (Phi) is 7.60. The van der Waals surface area contributed by atoms with E-state index in [4.69, 9.17) is 4.74 Å². The lowest BCUT2D eigenvalue weighted by Gasteiger charge is -2.02. The van der Waals surface area contributed by atoms with Crippen LogP contribution in [-0.4, -0.2) is 19.0 Å². The molecule has 0 atom stereocenters. The molecule has 0 aromatic heterocycles. The Morgan fingerprint density at radius 3 is 2.38 bits per heavy atom. The first-order valence-electron chi connectivity index (χ1n) is 4.84. The number of carbonyl (C=O) groups is 1. The summed E-state index contributed by atoms with van der Waals surface area (Å²) in [6.45, 7) is 8.94. The Labute approximate surface area is 81.0 Å². The molecule has 0 aliphatic carbocycles. The van der Waals surface area contributed by atoms with Crippen LogP contribution in [-0.2, 0) is 9.53 Å². The minimum Gasteiger partial charge on any atom is -0.381 e. The largest absolute Gasteiger partial charge is 0.381 e. The first-order valence-corrected chi connectivity index (χ1v) is 4.84. The maximum absolute atomic E-state index is 10.6. The van der Waals surface area contributed by atoms with Gasteiger partial charge in [-0.1, -0.05) is 5.57 Å². The molecule has 0 saturated carbocycles. The maximum atomic E-state index is 10.6. The Hall–Kier alpha value is -0.630. The Morgan fingerprint density at radius 2 is 1.85 bits per heavy atom. The first-order chi connectivity index (χ1) is 6.13. The minimum absolute atomic E-state index is 0.266. The summed E-state index contributed by atoms with van der Waals surface area (Å²) >= 11 is 0. The zero-order valence-electron chi connectivity index (χ0n) is 8.77. The van der Waals surface area contributed by atoms with Gasteiger partial charge in [0, 0.05) is 13.0 Å². The van der Waals surface area contributed by atoms with E-state index in [0.717, 1.165) is 38.0 Å². The smallest absolute Gasteiger partial charge is 0.129 e.